The molecule has 0 aliphatic carbocycles. The summed E-state index contributed by atoms with van der Waals surface area (Å²) in [6.07, 6.45) is 0. The van der Waals surface area contributed by atoms with Crippen LogP contribution in [0.5, 0.6) is 0 Å². The number of nitrogens with one attached hydrogen (secondary N) is 1. The Kier molecular flexibility index (Phi) is 3.60. The smallest absolute Gasteiger partial charge is 0.160 e. The van der Waals surface area contributed by atoms with Gasteiger partial charge in [-0.25, -0.2) is 8.78 Å². The van der Waals surface area contributed by atoms with Gasteiger partial charge in [0, 0.05) is 18.3 Å². The highest BCUT2D eigenvalue weighted by Crippen LogP contribution is 2.14. The van der Waals surface area contributed by atoms with Crippen molar-refractivity contribution in [2.75, 3.05) is 5.32 Å². The second-order valence-electron chi connectivity index (χ2n) is 4.08. The number of aromatic nitrogens is 2. The lowest BCUT2D eigenvalue weighted by atomic mass is 10.3. The summed E-state index contributed by atoms with van der Waals surface area (Å²) in [4.78, 5) is 0. The van der Waals surface area contributed by atoms with Crippen LogP contribution in [0.3, 0.4) is 0 Å². The molecule has 0 saturated carbocycles. The minimum absolute atomic E-state index is 0.528. The van der Waals surface area contributed by atoms with E-state index in [2.05, 4.69) is 10.4 Å². The Morgan fingerprint density at radius 2 is 2.00 bits per heavy atom. The van der Waals surface area contributed by atoms with Crippen LogP contribution in [-0.4, -0.2) is 9.78 Å². The summed E-state index contributed by atoms with van der Waals surface area (Å²) in [5.41, 5.74) is 2.51. The van der Waals surface area contributed by atoms with Crippen molar-refractivity contribution < 1.29 is 8.78 Å². The Morgan fingerprint density at radius 1 is 1.22 bits per heavy atom. The Morgan fingerprint density at radius 3 is 2.67 bits per heavy atom. The molecule has 0 fully saturated rings. The van der Waals surface area contributed by atoms with Crippen molar-refractivity contribution in [1.82, 2.24) is 9.78 Å². The van der Waals surface area contributed by atoms with Crippen molar-refractivity contribution in [1.29, 1.82) is 0 Å². The average molecular weight is 251 g/mol. The van der Waals surface area contributed by atoms with Gasteiger partial charge in [-0.3, -0.25) is 4.68 Å². The molecule has 0 atom stereocenters. The summed E-state index contributed by atoms with van der Waals surface area (Å²) in [5.74, 6) is -1.69. The van der Waals surface area contributed by atoms with Gasteiger partial charge in [-0.05, 0) is 32.0 Å². The van der Waals surface area contributed by atoms with Crippen LogP contribution in [0.1, 0.15) is 18.3 Å². The number of rotatable bonds is 4. The molecule has 1 aromatic heterocycles. The zero-order valence-corrected chi connectivity index (χ0v) is 10.4. The van der Waals surface area contributed by atoms with Gasteiger partial charge in [0.15, 0.2) is 11.6 Å². The molecule has 0 saturated heterocycles. The summed E-state index contributed by atoms with van der Waals surface area (Å²) in [5, 5.41) is 7.37. The van der Waals surface area contributed by atoms with Crippen LogP contribution >= 0.6 is 0 Å². The molecule has 1 N–H and O–H groups in total. The molecule has 0 unspecified atom stereocenters. The Bertz CT molecular complexity index is 549. The Labute approximate surface area is 104 Å². The zero-order valence-electron chi connectivity index (χ0n) is 10.4. The number of halogens is 2. The minimum Gasteiger partial charge on any atom is -0.379 e. The number of anilines is 1. The molecule has 5 heteroatoms. The predicted molar refractivity (Wildman–Crippen MR) is 66.3 cm³/mol. The van der Waals surface area contributed by atoms with Gasteiger partial charge < -0.3 is 5.32 Å². The first-order valence-corrected chi connectivity index (χ1v) is 5.82. The molecule has 2 rings (SSSR count). The van der Waals surface area contributed by atoms with E-state index in [1.807, 2.05) is 24.6 Å². The number of benzene rings is 1. The number of hydrogen-bond acceptors (Lipinski definition) is 2. The average Bonchev–Trinajstić information content (AvgIpc) is 2.71. The molecular formula is C13H15F2N3. The lowest BCUT2D eigenvalue weighted by Gasteiger charge is -2.08. The molecule has 3 nitrogen and oxygen atoms in total. The van der Waals surface area contributed by atoms with Crippen LogP contribution in [-0.2, 0) is 13.1 Å². The van der Waals surface area contributed by atoms with Gasteiger partial charge in [-0.1, -0.05) is 0 Å². The minimum atomic E-state index is -0.847. The van der Waals surface area contributed by atoms with Crippen LogP contribution in [0, 0.1) is 18.6 Å². The van der Waals surface area contributed by atoms with E-state index in [-0.39, 0.29) is 0 Å². The van der Waals surface area contributed by atoms with E-state index >= 15 is 0 Å². The summed E-state index contributed by atoms with van der Waals surface area (Å²) < 4.78 is 27.7. The van der Waals surface area contributed by atoms with Gasteiger partial charge >= 0.3 is 0 Å². The van der Waals surface area contributed by atoms with E-state index in [4.69, 9.17) is 0 Å². The lowest BCUT2D eigenvalue weighted by Crippen LogP contribution is -2.08. The van der Waals surface area contributed by atoms with E-state index in [1.165, 1.54) is 6.07 Å². The van der Waals surface area contributed by atoms with Crippen molar-refractivity contribution in [3.05, 3.63) is 47.3 Å². The molecule has 1 heterocycles. The van der Waals surface area contributed by atoms with Crippen molar-refractivity contribution in [3.8, 4) is 0 Å². The normalized spacial score (nSPS) is 10.7. The first-order chi connectivity index (χ1) is 8.60. The highest BCUT2D eigenvalue weighted by molar-refractivity contribution is 5.43. The number of hydrogen-bond donors (Lipinski definition) is 1. The van der Waals surface area contributed by atoms with E-state index in [0.717, 1.165) is 30.1 Å². The van der Waals surface area contributed by atoms with Gasteiger partial charge in [0.25, 0.3) is 0 Å². The van der Waals surface area contributed by atoms with E-state index < -0.39 is 11.6 Å². The first kappa shape index (κ1) is 12.5. The van der Waals surface area contributed by atoms with Gasteiger partial charge in [-0.2, -0.15) is 5.10 Å². The second-order valence-corrected chi connectivity index (χ2v) is 4.08. The maximum absolute atomic E-state index is 13.0. The topological polar surface area (TPSA) is 29.9 Å². The highest BCUT2D eigenvalue weighted by Gasteiger charge is 2.05. The van der Waals surface area contributed by atoms with Crippen molar-refractivity contribution in [2.24, 2.45) is 0 Å². The molecule has 0 amide bonds. The summed E-state index contributed by atoms with van der Waals surface area (Å²) >= 11 is 0. The van der Waals surface area contributed by atoms with Gasteiger partial charge in [0.2, 0.25) is 0 Å². The molecule has 0 spiro atoms. The molecule has 0 bridgehead atoms. The third-order valence-electron chi connectivity index (χ3n) is 2.68. The van der Waals surface area contributed by atoms with Crippen LogP contribution in [0.15, 0.2) is 24.3 Å². The molecule has 0 aliphatic rings. The van der Waals surface area contributed by atoms with Gasteiger partial charge in [-0.15, -0.1) is 0 Å². The fourth-order valence-corrected chi connectivity index (χ4v) is 1.81. The monoisotopic (exact) mass is 251 g/mol. The summed E-state index contributed by atoms with van der Waals surface area (Å²) in [6.45, 7) is 5.24. The highest BCUT2D eigenvalue weighted by atomic mass is 19.2. The predicted octanol–water partition coefficient (Wildman–Crippen LogP) is 3.10. The van der Waals surface area contributed by atoms with Crippen LogP contribution in [0.25, 0.3) is 0 Å². The second kappa shape index (κ2) is 5.16. The summed E-state index contributed by atoms with van der Waals surface area (Å²) in [7, 11) is 0. The van der Waals surface area contributed by atoms with Crippen molar-refractivity contribution in [3.63, 3.8) is 0 Å². The molecule has 96 valence electrons. The third-order valence-corrected chi connectivity index (χ3v) is 2.68. The standard InChI is InChI=1S/C13H15F2N3/c1-3-18-11(6-9(2)17-18)8-16-10-4-5-12(14)13(15)7-10/h4-7,16H,3,8H2,1-2H3. The molecule has 0 aliphatic heterocycles. The molecule has 18 heavy (non-hydrogen) atoms. The van der Waals surface area contributed by atoms with E-state index in [0.29, 0.717) is 12.2 Å². The van der Waals surface area contributed by atoms with E-state index in [9.17, 15) is 8.78 Å². The van der Waals surface area contributed by atoms with Crippen LogP contribution < -0.4 is 5.32 Å². The van der Waals surface area contributed by atoms with Gasteiger partial charge in [0.1, 0.15) is 0 Å². The SMILES string of the molecule is CCn1nc(C)cc1CNc1ccc(F)c(F)c1. The number of nitrogens with zero attached hydrogens (tertiary/aromatic N) is 2. The first-order valence-electron chi connectivity index (χ1n) is 5.82. The van der Waals surface area contributed by atoms with Crippen molar-refractivity contribution in [2.45, 2.75) is 26.9 Å². The largest absolute Gasteiger partial charge is 0.379 e. The molecule has 0 radical (unpaired) electrons. The maximum atomic E-state index is 13.0. The lowest BCUT2D eigenvalue weighted by molar-refractivity contribution is 0.509. The fourth-order valence-electron chi connectivity index (χ4n) is 1.81. The van der Waals surface area contributed by atoms with Crippen LogP contribution in [0.4, 0.5) is 14.5 Å². The summed E-state index contributed by atoms with van der Waals surface area (Å²) in [6, 6.07) is 5.74. The zero-order chi connectivity index (χ0) is 13.1. The van der Waals surface area contributed by atoms with Crippen molar-refractivity contribution >= 4 is 5.69 Å². The molecular weight excluding hydrogens is 236 g/mol. The van der Waals surface area contributed by atoms with E-state index in [1.54, 1.807) is 0 Å². The fraction of sp³-hybridized carbons (Fsp3) is 0.308. The maximum Gasteiger partial charge on any atom is 0.160 e. The van der Waals surface area contributed by atoms with Crippen LogP contribution in [0.2, 0.25) is 0 Å². The third kappa shape index (κ3) is 2.67. The van der Waals surface area contributed by atoms with Gasteiger partial charge in [0.05, 0.1) is 17.9 Å². The molecule has 1 aromatic carbocycles. The molecule has 2 aromatic rings. The number of aryl methyl sites for hydroxylation is 2. The Hall–Kier alpha value is -1.91. The Balaban J connectivity index is 2.08. The quantitative estimate of drug-likeness (QED) is 0.904.